The Morgan fingerprint density at radius 3 is 1.46 bits per heavy atom. The van der Waals surface area contributed by atoms with Crippen LogP contribution in [0, 0.1) is 41.4 Å². The molecule has 0 bridgehead atoms. The van der Waals surface area contributed by atoms with Crippen LogP contribution in [0.5, 0.6) is 0 Å². The molecule has 0 unspecified atom stereocenters. The molecule has 1 aliphatic heterocycles. The third-order valence-electron chi connectivity index (χ3n) is 19.6. The average molecular weight is 1450 g/mol. The number of rotatable bonds is 27. The third kappa shape index (κ3) is 28.2. The van der Waals surface area contributed by atoms with Crippen molar-refractivity contribution in [2.75, 3.05) is 87.1 Å². The van der Waals surface area contributed by atoms with Crippen LogP contribution in [0.25, 0.3) is 0 Å². The Hall–Kier alpha value is -5.90. The van der Waals surface area contributed by atoms with E-state index in [1.54, 1.807) is 60.6 Å². The summed E-state index contributed by atoms with van der Waals surface area (Å²) in [6.45, 7) is 35.7. The molecule has 0 aromatic heterocycles. The second-order valence-corrected chi connectivity index (χ2v) is 31.9. The second-order valence-electron chi connectivity index (χ2n) is 30.8. The van der Waals surface area contributed by atoms with Crippen LogP contribution in [0.15, 0.2) is 12.2 Å². The normalized spacial score (nSPS) is 25.8. The zero-order chi connectivity index (χ0) is 78.0. The van der Waals surface area contributed by atoms with Gasteiger partial charge in [0.15, 0.2) is 0 Å². The molecule has 0 aromatic carbocycles. The molecule has 11 amide bonds. The Balaban J connectivity index is 4.59. The van der Waals surface area contributed by atoms with E-state index in [-0.39, 0.29) is 74.6 Å². The molecule has 1 saturated heterocycles. The van der Waals surface area contributed by atoms with Gasteiger partial charge in [-0.15, -0.1) is 0 Å². The number of nitrogens with one attached hydrogen (secondary N) is 4. The molecule has 101 heavy (non-hydrogen) atoms. The Kier molecular flexibility index (Phi) is 40.6. The lowest BCUT2D eigenvalue weighted by molar-refractivity contribution is -0.157. The lowest BCUT2D eigenvalue weighted by Crippen LogP contribution is -2.64. The maximum atomic E-state index is 15.6. The van der Waals surface area contributed by atoms with Crippen molar-refractivity contribution in [1.82, 2.24) is 60.5 Å². The van der Waals surface area contributed by atoms with E-state index in [4.69, 9.17) is 0 Å². The van der Waals surface area contributed by atoms with Crippen LogP contribution in [0.4, 0.5) is 0 Å². The zero-order valence-corrected chi connectivity index (χ0v) is 67.4. The van der Waals surface area contributed by atoms with E-state index < -0.39 is 161 Å². The molecule has 27 heteroatoms. The average Bonchev–Trinajstić information content (AvgIpc) is 0.809. The lowest BCUT2D eigenvalue weighted by atomic mass is 9.91. The molecular formula is C74H136N12O14S. The van der Waals surface area contributed by atoms with Crippen LogP contribution >= 0.6 is 11.8 Å². The van der Waals surface area contributed by atoms with Crippen molar-refractivity contribution in [3.8, 4) is 0 Å². The van der Waals surface area contributed by atoms with Crippen molar-refractivity contribution in [2.45, 2.75) is 268 Å². The highest BCUT2D eigenvalue weighted by Crippen LogP contribution is 2.28. The highest BCUT2D eigenvalue weighted by atomic mass is 32.2. The van der Waals surface area contributed by atoms with Crippen LogP contribution in [0.1, 0.15) is 189 Å². The molecule has 7 N–H and O–H groups in total. The monoisotopic (exact) mass is 1450 g/mol. The van der Waals surface area contributed by atoms with Gasteiger partial charge in [-0.25, -0.2) is 0 Å². The van der Waals surface area contributed by atoms with E-state index >= 15 is 33.6 Å². The summed E-state index contributed by atoms with van der Waals surface area (Å²) < 4.78 is 0. The van der Waals surface area contributed by atoms with Crippen molar-refractivity contribution in [3.63, 3.8) is 0 Å². The maximum Gasteiger partial charge on any atom is 0.246 e. The summed E-state index contributed by atoms with van der Waals surface area (Å²) in [6.07, 6.45) is 4.42. The van der Waals surface area contributed by atoms with Crippen molar-refractivity contribution in [2.24, 2.45) is 41.4 Å². The molecule has 0 spiro atoms. The van der Waals surface area contributed by atoms with Gasteiger partial charge in [-0.05, 0) is 153 Å². The number of carbonyl (C=O) groups excluding carboxylic acids is 11. The molecule has 0 aromatic rings. The largest absolute Gasteiger partial charge is 0.396 e. The summed E-state index contributed by atoms with van der Waals surface area (Å²) in [5, 5.41) is 45.4. The van der Waals surface area contributed by atoms with E-state index in [1.807, 2.05) is 41.5 Å². The van der Waals surface area contributed by atoms with E-state index in [2.05, 4.69) is 40.0 Å². The minimum Gasteiger partial charge on any atom is -0.396 e. The zero-order valence-electron chi connectivity index (χ0n) is 66.5. The summed E-state index contributed by atoms with van der Waals surface area (Å²) in [5.74, 6) is -10.1. The highest BCUT2D eigenvalue weighted by Gasteiger charge is 2.47. The maximum absolute atomic E-state index is 15.6. The number of thioether (sulfide) groups is 1. The van der Waals surface area contributed by atoms with Gasteiger partial charge >= 0.3 is 0 Å². The summed E-state index contributed by atoms with van der Waals surface area (Å²) >= 11 is 1.35. The standard InChI is InChI=1S/C74H136N12O14S/c1-27-31-33-49(15)62(88)61-66(92)77-53(28-2)68(94)83(24)58(43-101-37-35-52(42-87)34-32-36-86(29-3)30-4)71(97)82(23)57(41-74(18,19)100)65(91)78-59(47(11)12)72(98)79(20)54(38-44(5)6)64(90)75-50(16)63(89)76-51(17)67(93)80(21)55(39-45(7)8)69(95)81(22)56(40-46(9)10)70(96)84(25)60(48(13)14)73(99)85(61)26/h27,31,44-62,87-88,100H,28-30,32-43H2,1-26H3,(H,75,90)(H,76,89)(H,77,92)(H,78,91)/b31-27+/t49-,50+,51-,52+,53+,54+,55+,56+,57+,58-,59+,60+,61+,62-/m1/s1. The van der Waals surface area contributed by atoms with Gasteiger partial charge in [0.2, 0.25) is 65.0 Å². The van der Waals surface area contributed by atoms with Crippen LogP contribution in [-0.2, 0) is 52.7 Å². The minimum atomic E-state index is -1.68. The van der Waals surface area contributed by atoms with Gasteiger partial charge in [-0.2, -0.15) is 11.8 Å². The van der Waals surface area contributed by atoms with Crippen LogP contribution in [-0.4, -0.2) is 285 Å². The Morgan fingerprint density at radius 1 is 0.525 bits per heavy atom. The number of hydrogen-bond acceptors (Lipinski definition) is 16. The fraction of sp³-hybridized carbons (Fsp3) is 0.824. The Labute approximate surface area is 610 Å². The van der Waals surface area contributed by atoms with Gasteiger partial charge < -0.3 is 75.8 Å². The number of aliphatic hydroxyl groups excluding tert-OH is 2. The number of nitrogens with zero attached hydrogens (tertiary/aromatic N) is 8. The molecule has 14 atom stereocenters. The fourth-order valence-corrected chi connectivity index (χ4v) is 14.1. The van der Waals surface area contributed by atoms with Gasteiger partial charge in [-0.3, -0.25) is 52.7 Å². The first kappa shape index (κ1) is 93.1. The minimum absolute atomic E-state index is 0.0414. The second kappa shape index (κ2) is 44.0. The van der Waals surface area contributed by atoms with E-state index in [9.17, 15) is 34.5 Å². The summed E-state index contributed by atoms with van der Waals surface area (Å²) in [5.41, 5.74) is -1.61. The molecule has 0 saturated carbocycles. The molecule has 1 rings (SSSR count). The Bertz CT molecular complexity index is 2710. The molecule has 26 nitrogen and oxygen atoms in total. The first-order chi connectivity index (χ1) is 46.8. The smallest absolute Gasteiger partial charge is 0.246 e. The molecule has 0 aliphatic carbocycles. The molecule has 0 radical (unpaired) electrons. The van der Waals surface area contributed by atoms with Gasteiger partial charge in [0.05, 0.1) is 11.7 Å². The first-order valence-corrected chi connectivity index (χ1v) is 38.0. The van der Waals surface area contributed by atoms with Crippen LogP contribution in [0.3, 0.4) is 0 Å². The summed E-state index contributed by atoms with van der Waals surface area (Å²) in [7, 11) is 9.84. The van der Waals surface area contributed by atoms with Crippen molar-refractivity contribution in [1.29, 1.82) is 0 Å². The Morgan fingerprint density at radius 2 is 0.980 bits per heavy atom. The van der Waals surface area contributed by atoms with Gasteiger partial charge in [-0.1, -0.05) is 109 Å². The lowest BCUT2D eigenvalue weighted by Gasteiger charge is -2.41. The fourth-order valence-electron chi connectivity index (χ4n) is 12.9. The topological polar surface area (TPSA) is 322 Å². The molecule has 582 valence electrons. The van der Waals surface area contributed by atoms with Crippen molar-refractivity contribution in [3.05, 3.63) is 12.2 Å². The van der Waals surface area contributed by atoms with E-state index in [1.165, 1.54) is 113 Å². The highest BCUT2D eigenvalue weighted by molar-refractivity contribution is 7.99. The number of aliphatic hydroxyl groups is 3. The summed E-state index contributed by atoms with van der Waals surface area (Å²) in [6, 6.07) is -14.6. The van der Waals surface area contributed by atoms with E-state index in [0.29, 0.717) is 12.2 Å². The molecular weight excluding hydrogens is 1310 g/mol. The van der Waals surface area contributed by atoms with E-state index in [0.717, 1.165) is 42.3 Å². The number of carbonyl (C=O) groups is 11. The van der Waals surface area contributed by atoms with Crippen LogP contribution < -0.4 is 21.3 Å². The summed E-state index contributed by atoms with van der Waals surface area (Å²) in [4.78, 5) is 176. The number of amides is 11. The number of hydrogen-bond donors (Lipinski definition) is 7. The number of likely N-dealkylation sites (N-methyl/N-ethyl adjacent to an activating group) is 7. The van der Waals surface area contributed by atoms with Crippen molar-refractivity contribution < 1.29 is 68.1 Å². The van der Waals surface area contributed by atoms with Crippen molar-refractivity contribution >= 4 is 76.7 Å². The predicted octanol–water partition coefficient (Wildman–Crippen LogP) is 4.61. The predicted molar refractivity (Wildman–Crippen MR) is 398 cm³/mol. The number of allylic oxidation sites excluding steroid dienone is 2. The van der Waals surface area contributed by atoms with Gasteiger partial charge in [0.25, 0.3) is 0 Å². The quantitative estimate of drug-likeness (QED) is 0.0436. The van der Waals surface area contributed by atoms with Crippen LogP contribution in [0.2, 0.25) is 0 Å². The molecule has 1 heterocycles. The first-order valence-electron chi connectivity index (χ1n) is 36.8. The van der Waals surface area contributed by atoms with Gasteiger partial charge in [0.1, 0.15) is 66.5 Å². The molecule has 1 aliphatic rings. The van der Waals surface area contributed by atoms with Gasteiger partial charge in [0, 0.05) is 68.1 Å². The molecule has 1 fully saturated rings. The SMILES string of the molecule is C/C=C/C[C@@H](C)[C@@H](O)[C@H]1C(=O)N[C@@H](CC)C(=O)N(C)[C@H](CSCC[C@@H](CO)CCCN(CC)CC)C(=O)N(C)[C@@H](CC(C)(C)O)C(=O)N[C@@H](C(C)C)C(=O)N(C)[C@@H](CC(C)C)C(=O)N[C@@H](C)C(=O)N[C@H](C)C(=O)N(C)[C@@H](CC(C)C)C(=O)N(C)[C@@H](CC(C)C)C(=O)N(C)[C@@H](C(C)C)C(=O)N1C. The third-order valence-corrected chi connectivity index (χ3v) is 20.6.